The number of hydrogen-bond donors (Lipinski definition) is 2. The Morgan fingerprint density at radius 1 is 0.900 bits per heavy atom. The second kappa shape index (κ2) is 19.6. The molecule has 8 heteroatoms. The van der Waals surface area contributed by atoms with E-state index in [1.165, 1.54) is 16.7 Å². The summed E-state index contributed by atoms with van der Waals surface area (Å²) in [4.78, 5) is 24.6. The Bertz CT molecular complexity index is 1030. The zero-order valence-corrected chi connectivity index (χ0v) is 26.2. The topological polar surface area (TPSA) is 102 Å². The van der Waals surface area contributed by atoms with Gasteiger partial charge in [-0.05, 0) is 85.6 Å². The largest absolute Gasteiger partial charge is 0.480 e. The van der Waals surface area contributed by atoms with E-state index >= 15 is 0 Å². The van der Waals surface area contributed by atoms with Crippen molar-refractivity contribution in [3.8, 4) is 0 Å². The fourth-order valence-corrected chi connectivity index (χ4v) is 6.33. The molecule has 1 aromatic carbocycles. The average molecular weight is 576 g/mol. The molecule has 0 aliphatic rings. The van der Waals surface area contributed by atoms with Gasteiger partial charge in [-0.15, -0.1) is 0 Å². The molecular weight excluding hydrogens is 525 g/mol. The second-order valence-electron chi connectivity index (χ2n) is 10.4. The molecule has 224 valence electrons. The number of carbonyl (C=O) groups is 2. The van der Waals surface area contributed by atoms with Gasteiger partial charge in [0.2, 0.25) is 5.91 Å². The Morgan fingerprint density at radius 2 is 1.48 bits per heavy atom. The maximum Gasteiger partial charge on any atom is 0.334 e. The number of carboxylic acids is 1. The van der Waals surface area contributed by atoms with Gasteiger partial charge in [0, 0.05) is 12.8 Å². The van der Waals surface area contributed by atoms with Crippen LogP contribution in [0.1, 0.15) is 92.1 Å². The van der Waals surface area contributed by atoms with Gasteiger partial charge in [-0.25, -0.2) is 4.79 Å². The summed E-state index contributed by atoms with van der Waals surface area (Å²) in [6.07, 6.45) is 11.4. The molecule has 40 heavy (non-hydrogen) atoms. The number of carbonyl (C=O) groups excluding carboxylic acids is 1. The van der Waals surface area contributed by atoms with Crippen molar-refractivity contribution in [1.82, 2.24) is 5.32 Å². The van der Waals surface area contributed by atoms with Crippen molar-refractivity contribution in [2.45, 2.75) is 105 Å². The number of rotatable bonds is 20. The Labute approximate surface area is 241 Å². The van der Waals surface area contributed by atoms with Gasteiger partial charge < -0.3 is 19.5 Å². The van der Waals surface area contributed by atoms with Crippen LogP contribution in [0.25, 0.3) is 0 Å². The van der Waals surface area contributed by atoms with Crippen LogP contribution < -0.4 is 5.32 Å². The van der Waals surface area contributed by atoms with Gasteiger partial charge in [0.25, 0.3) is 0 Å². The van der Waals surface area contributed by atoms with Crippen LogP contribution in [0.15, 0.2) is 65.3 Å². The van der Waals surface area contributed by atoms with Gasteiger partial charge in [-0.1, -0.05) is 65.3 Å². The highest BCUT2D eigenvalue weighted by Gasteiger charge is 2.35. The van der Waals surface area contributed by atoms with E-state index in [-0.39, 0.29) is 32.5 Å². The summed E-state index contributed by atoms with van der Waals surface area (Å²) in [5, 5.41) is 12.3. The highest BCUT2D eigenvalue weighted by Crippen LogP contribution is 2.56. The van der Waals surface area contributed by atoms with Crippen LogP contribution in [-0.2, 0) is 29.6 Å². The van der Waals surface area contributed by atoms with Crippen molar-refractivity contribution >= 4 is 19.5 Å². The van der Waals surface area contributed by atoms with Crippen LogP contribution in [0.4, 0.5) is 0 Å². The minimum atomic E-state index is -3.47. The molecule has 7 nitrogen and oxygen atoms in total. The molecule has 0 aliphatic carbocycles. The first-order chi connectivity index (χ1) is 19.0. The van der Waals surface area contributed by atoms with Crippen molar-refractivity contribution in [3.63, 3.8) is 0 Å². The zero-order valence-electron chi connectivity index (χ0n) is 25.3. The van der Waals surface area contributed by atoms with Crippen molar-refractivity contribution in [2.75, 3.05) is 13.2 Å². The fourth-order valence-electron chi connectivity index (χ4n) is 4.30. The monoisotopic (exact) mass is 575 g/mol. The molecule has 0 bridgehead atoms. The lowest BCUT2D eigenvalue weighted by molar-refractivity contribution is -0.141. The molecule has 1 rings (SSSR count). The quantitative estimate of drug-likeness (QED) is 0.121. The normalized spacial score (nSPS) is 13.9. The summed E-state index contributed by atoms with van der Waals surface area (Å²) in [7, 11) is -3.47. The molecule has 2 N–H and O–H groups in total. The van der Waals surface area contributed by atoms with Gasteiger partial charge in [-0.3, -0.25) is 9.36 Å². The van der Waals surface area contributed by atoms with E-state index in [0.717, 1.165) is 31.2 Å². The van der Waals surface area contributed by atoms with Crippen LogP contribution >= 0.6 is 7.60 Å². The van der Waals surface area contributed by atoms with E-state index in [1.807, 2.05) is 30.3 Å². The van der Waals surface area contributed by atoms with Crippen LogP contribution in [0.3, 0.4) is 0 Å². The van der Waals surface area contributed by atoms with E-state index in [4.69, 9.17) is 9.05 Å². The number of benzene rings is 1. The first kappa shape index (κ1) is 35.6. The number of aliphatic carboxylic acids is 1. The first-order valence-corrected chi connectivity index (χ1v) is 16.0. The Balaban J connectivity index is 2.84. The van der Waals surface area contributed by atoms with E-state index in [1.54, 1.807) is 13.8 Å². The molecule has 1 amide bonds. The fraction of sp³-hybridized carbons (Fsp3) is 0.562. The Hall–Kier alpha value is -2.47. The highest BCUT2D eigenvalue weighted by molar-refractivity contribution is 7.54. The Morgan fingerprint density at radius 3 is 2.02 bits per heavy atom. The number of nitrogens with one attached hydrogen (secondary N) is 1. The maximum absolute atomic E-state index is 13.6. The van der Waals surface area contributed by atoms with Crippen molar-refractivity contribution in [1.29, 1.82) is 0 Å². The number of allylic oxidation sites excluding steroid dienone is 6. The molecule has 0 saturated heterocycles. The molecule has 0 fully saturated rings. The molecule has 1 aromatic rings. The molecule has 0 saturated carbocycles. The molecule has 0 aromatic heterocycles. The minimum Gasteiger partial charge on any atom is -0.480 e. The van der Waals surface area contributed by atoms with Crippen LogP contribution in [-0.4, -0.2) is 41.9 Å². The van der Waals surface area contributed by atoms with Gasteiger partial charge in [0.1, 0.15) is 6.04 Å². The molecule has 1 unspecified atom stereocenters. The molecule has 0 aliphatic heterocycles. The number of hydrogen-bond acceptors (Lipinski definition) is 5. The average Bonchev–Trinajstić information content (AvgIpc) is 2.88. The first-order valence-electron chi connectivity index (χ1n) is 14.4. The second-order valence-corrected chi connectivity index (χ2v) is 12.7. The van der Waals surface area contributed by atoms with Gasteiger partial charge in [-0.2, -0.15) is 0 Å². The third kappa shape index (κ3) is 14.8. The van der Waals surface area contributed by atoms with Crippen molar-refractivity contribution < 1.29 is 28.3 Å². The van der Waals surface area contributed by atoms with E-state index in [0.29, 0.717) is 6.42 Å². The number of amides is 1. The maximum atomic E-state index is 13.6. The highest BCUT2D eigenvalue weighted by atomic mass is 31.2. The van der Waals surface area contributed by atoms with Crippen LogP contribution in [0.2, 0.25) is 0 Å². The van der Waals surface area contributed by atoms with Crippen molar-refractivity contribution in [2.24, 2.45) is 0 Å². The van der Waals surface area contributed by atoms with Gasteiger partial charge in [0.05, 0.1) is 18.9 Å². The summed E-state index contributed by atoms with van der Waals surface area (Å²) in [5.41, 5.74) is 4.20. The Kier molecular flexibility index (Phi) is 17.4. The van der Waals surface area contributed by atoms with Crippen LogP contribution in [0.5, 0.6) is 0 Å². The third-order valence-electron chi connectivity index (χ3n) is 6.55. The van der Waals surface area contributed by atoms with E-state index in [9.17, 15) is 19.3 Å². The summed E-state index contributed by atoms with van der Waals surface area (Å²) < 4.78 is 24.9. The van der Waals surface area contributed by atoms with Gasteiger partial charge in [0.15, 0.2) is 0 Å². The summed E-state index contributed by atoms with van der Waals surface area (Å²) in [6.45, 7) is 12.4. The minimum absolute atomic E-state index is 0.0217. The van der Waals surface area contributed by atoms with Crippen molar-refractivity contribution in [3.05, 3.63) is 70.8 Å². The molecule has 0 radical (unpaired) electrons. The lowest BCUT2D eigenvalue weighted by Crippen LogP contribution is -2.42. The lowest BCUT2D eigenvalue weighted by atomic mass is 10.0. The smallest absolute Gasteiger partial charge is 0.334 e. The summed E-state index contributed by atoms with van der Waals surface area (Å²) in [5.74, 6) is -1.50. The van der Waals surface area contributed by atoms with E-state index in [2.05, 4.69) is 51.2 Å². The van der Waals surface area contributed by atoms with E-state index < -0.39 is 31.2 Å². The molecule has 0 heterocycles. The standard InChI is InChI=1S/C32H50NO6P/c1-7-38-40(37,39-8-2)29(21-20-27(6)17-13-16-26(5)15-12-14-25(3)4)22-23-31(34)33-30(32(35)36)24-28-18-10-9-11-19-28/h9-11,14,16,18-20,29-30H,7-8,12-13,15,17,21-24H2,1-6H3,(H,33,34)(H,35,36)/b26-16+,27-20+/t29?,30-/m0/s1. The predicted octanol–water partition coefficient (Wildman–Crippen LogP) is 8.02. The SMILES string of the molecule is CCOP(=O)(OCC)C(C/C=C(\C)CC/C=C(\C)CCC=C(C)C)CCC(=O)N[C@@H](Cc1ccccc1)C(=O)O. The third-order valence-corrected chi connectivity index (χ3v) is 9.15. The zero-order chi connectivity index (χ0) is 30.0. The molecule has 0 spiro atoms. The molecular formula is C32H50NO6P. The van der Waals surface area contributed by atoms with Gasteiger partial charge >= 0.3 is 13.6 Å². The summed E-state index contributed by atoms with van der Waals surface area (Å²) >= 11 is 0. The number of carboxylic acid groups (broad SMARTS) is 1. The molecule has 2 atom stereocenters. The summed E-state index contributed by atoms with van der Waals surface area (Å²) in [6, 6.07) is 8.13. The lowest BCUT2D eigenvalue weighted by Gasteiger charge is -2.26. The predicted molar refractivity (Wildman–Crippen MR) is 164 cm³/mol. The van der Waals surface area contributed by atoms with Crippen LogP contribution in [0, 0.1) is 0 Å².